The van der Waals surface area contributed by atoms with Crippen molar-refractivity contribution in [1.29, 1.82) is 0 Å². The first-order valence-corrected chi connectivity index (χ1v) is 10.7. The third kappa shape index (κ3) is 4.17. The van der Waals surface area contributed by atoms with Crippen molar-refractivity contribution in [3.8, 4) is 5.75 Å². The van der Waals surface area contributed by atoms with E-state index in [1.165, 1.54) is 11.7 Å². The number of anilines is 1. The number of amides is 1. The van der Waals surface area contributed by atoms with Gasteiger partial charge in [0.1, 0.15) is 10.6 Å². The molecule has 3 aromatic rings. The molecule has 0 radical (unpaired) electrons. The van der Waals surface area contributed by atoms with E-state index in [0.29, 0.717) is 45.2 Å². The van der Waals surface area contributed by atoms with E-state index in [2.05, 4.69) is 15.2 Å². The number of rotatable bonds is 8. The first kappa shape index (κ1) is 21.8. The SMILES string of the molecule is CCN(CC)CCn1c(=O)[nH]c2sc(C(=O)Nc3ccccc3OC)c(C)c2c1=O. The summed E-state index contributed by atoms with van der Waals surface area (Å²) in [6.45, 7) is 8.39. The molecule has 0 unspecified atom stereocenters. The number of carbonyl (C=O) groups is 1. The van der Waals surface area contributed by atoms with Crippen molar-refractivity contribution < 1.29 is 9.53 Å². The number of hydrogen-bond donors (Lipinski definition) is 2. The van der Waals surface area contributed by atoms with Crippen molar-refractivity contribution >= 4 is 33.1 Å². The van der Waals surface area contributed by atoms with Crippen molar-refractivity contribution in [2.45, 2.75) is 27.3 Å². The summed E-state index contributed by atoms with van der Waals surface area (Å²) in [6, 6.07) is 7.09. The van der Waals surface area contributed by atoms with Crippen LogP contribution in [-0.2, 0) is 6.54 Å². The predicted molar refractivity (Wildman–Crippen MR) is 120 cm³/mol. The highest BCUT2D eigenvalue weighted by molar-refractivity contribution is 7.20. The molecule has 2 N–H and O–H groups in total. The molecule has 8 nitrogen and oxygen atoms in total. The molecule has 0 bridgehead atoms. The number of thiophene rings is 1. The van der Waals surface area contributed by atoms with E-state index in [1.54, 1.807) is 25.1 Å². The number of benzene rings is 1. The molecular weight excluding hydrogens is 404 g/mol. The molecule has 0 spiro atoms. The van der Waals surface area contributed by atoms with Crippen LogP contribution in [-0.4, -0.2) is 47.1 Å². The second-order valence-electron chi connectivity index (χ2n) is 6.83. The number of nitrogens with one attached hydrogen (secondary N) is 2. The number of aromatic amines is 1. The zero-order valence-electron chi connectivity index (χ0n) is 17.6. The summed E-state index contributed by atoms with van der Waals surface area (Å²) in [5.74, 6) is 0.185. The topological polar surface area (TPSA) is 96.4 Å². The van der Waals surface area contributed by atoms with Gasteiger partial charge in [0, 0.05) is 13.1 Å². The highest BCUT2D eigenvalue weighted by Gasteiger charge is 2.21. The Hall–Kier alpha value is -2.91. The molecule has 0 aliphatic rings. The molecule has 1 aromatic carbocycles. The van der Waals surface area contributed by atoms with Crippen LogP contribution in [0, 0.1) is 6.92 Å². The zero-order valence-corrected chi connectivity index (χ0v) is 18.4. The van der Waals surface area contributed by atoms with Crippen LogP contribution in [0.25, 0.3) is 10.2 Å². The lowest BCUT2D eigenvalue weighted by Crippen LogP contribution is -2.39. The Balaban J connectivity index is 1.97. The average Bonchev–Trinajstić information content (AvgIpc) is 3.07. The third-order valence-corrected chi connectivity index (χ3v) is 6.37. The van der Waals surface area contributed by atoms with Gasteiger partial charge in [0.15, 0.2) is 0 Å². The Morgan fingerprint density at radius 2 is 1.93 bits per heavy atom. The van der Waals surface area contributed by atoms with Crippen molar-refractivity contribution in [2.75, 3.05) is 32.1 Å². The number of carbonyl (C=O) groups excluding carboxylic acids is 1. The number of H-pyrrole nitrogens is 1. The predicted octanol–water partition coefficient (Wildman–Crippen LogP) is 2.66. The normalized spacial score (nSPS) is 11.2. The van der Waals surface area contributed by atoms with Crippen LogP contribution in [0.4, 0.5) is 5.69 Å². The summed E-state index contributed by atoms with van der Waals surface area (Å²) in [4.78, 5) is 44.1. The zero-order chi connectivity index (χ0) is 21.8. The molecule has 3 rings (SSSR count). The van der Waals surface area contributed by atoms with E-state index in [1.807, 2.05) is 19.9 Å². The Morgan fingerprint density at radius 3 is 2.60 bits per heavy atom. The van der Waals surface area contributed by atoms with Gasteiger partial charge in [-0.1, -0.05) is 26.0 Å². The van der Waals surface area contributed by atoms with E-state index < -0.39 is 5.69 Å². The van der Waals surface area contributed by atoms with Crippen LogP contribution in [0.1, 0.15) is 29.1 Å². The molecule has 9 heteroatoms. The van der Waals surface area contributed by atoms with E-state index in [9.17, 15) is 14.4 Å². The standard InChI is InChI=1S/C21H26N4O4S/c1-5-24(6-2)11-12-25-20(27)16-13(3)17(30-19(16)23-21(25)28)18(26)22-14-9-7-8-10-15(14)29-4/h7-10H,5-6,11-12H2,1-4H3,(H,22,26)(H,23,28). The lowest BCUT2D eigenvalue weighted by molar-refractivity contribution is 0.102. The summed E-state index contributed by atoms with van der Waals surface area (Å²) in [5.41, 5.74) is 0.260. The van der Waals surface area contributed by atoms with Crippen LogP contribution in [0.15, 0.2) is 33.9 Å². The Morgan fingerprint density at radius 1 is 1.23 bits per heavy atom. The Kier molecular flexibility index (Phi) is 6.73. The molecule has 0 aliphatic carbocycles. The fourth-order valence-electron chi connectivity index (χ4n) is 3.38. The maximum atomic E-state index is 13.0. The highest BCUT2D eigenvalue weighted by Crippen LogP contribution is 2.29. The number of ether oxygens (including phenoxy) is 1. The van der Waals surface area contributed by atoms with E-state index in [0.717, 1.165) is 24.4 Å². The largest absolute Gasteiger partial charge is 0.495 e. The van der Waals surface area contributed by atoms with Gasteiger partial charge in [-0.05, 0) is 37.7 Å². The minimum Gasteiger partial charge on any atom is -0.495 e. The lowest BCUT2D eigenvalue weighted by Gasteiger charge is -2.17. The van der Waals surface area contributed by atoms with E-state index in [-0.39, 0.29) is 11.5 Å². The maximum absolute atomic E-state index is 13.0. The minimum absolute atomic E-state index is 0.295. The van der Waals surface area contributed by atoms with Crippen LogP contribution >= 0.6 is 11.3 Å². The summed E-state index contributed by atoms with van der Waals surface area (Å²) in [6.07, 6.45) is 0. The van der Waals surface area contributed by atoms with Crippen molar-refractivity contribution in [2.24, 2.45) is 0 Å². The van der Waals surface area contributed by atoms with Gasteiger partial charge in [0.05, 0.1) is 23.1 Å². The molecular formula is C21H26N4O4S. The summed E-state index contributed by atoms with van der Waals surface area (Å²) < 4.78 is 6.48. The second kappa shape index (κ2) is 9.27. The quantitative estimate of drug-likeness (QED) is 0.573. The highest BCUT2D eigenvalue weighted by atomic mass is 32.1. The molecule has 2 heterocycles. The van der Waals surface area contributed by atoms with Gasteiger partial charge in [-0.2, -0.15) is 0 Å². The second-order valence-corrected chi connectivity index (χ2v) is 7.85. The molecule has 2 aromatic heterocycles. The first-order chi connectivity index (χ1) is 14.4. The van der Waals surface area contributed by atoms with Gasteiger partial charge in [0.25, 0.3) is 11.5 Å². The third-order valence-electron chi connectivity index (χ3n) is 5.17. The fraction of sp³-hybridized carbons (Fsp3) is 0.381. The molecule has 0 aliphatic heterocycles. The molecule has 0 atom stereocenters. The minimum atomic E-state index is -0.461. The van der Waals surface area contributed by atoms with Crippen LogP contribution in [0.5, 0.6) is 5.75 Å². The maximum Gasteiger partial charge on any atom is 0.329 e. The smallest absolute Gasteiger partial charge is 0.329 e. The number of likely N-dealkylation sites (N-methyl/N-ethyl adjacent to an activating group) is 1. The van der Waals surface area contributed by atoms with Gasteiger partial charge < -0.3 is 15.0 Å². The van der Waals surface area contributed by atoms with Crippen molar-refractivity contribution in [3.05, 3.63) is 55.5 Å². The molecule has 0 saturated carbocycles. The Bertz CT molecular complexity index is 1170. The number of nitrogens with zero attached hydrogens (tertiary/aromatic N) is 2. The van der Waals surface area contributed by atoms with Gasteiger partial charge in [-0.15, -0.1) is 11.3 Å². The monoisotopic (exact) mass is 430 g/mol. The summed E-state index contributed by atoms with van der Waals surface area (Å²) >= 11 is 1.10. The molecule has 0 fully saturated rings. The van der Waals surface area contributed by atoms with Gasteiger partial charge in [0.2, 0.25) is 0 Å². The Labute approximate surface area is 178 Å². The molecule has 30 heavy (non-hydrogen) atoms. The first-order valence-electron chi connectivity index (χ1n) is 9.84. The summed E-state index contributed by atoms with van der Waals surface area (Å²) in [7, 11) is 1.53. The number of aryl methyl sites for hydroxylation is 1. The number of para-hydroxylation sites is 2. The van der Waals surface area contributed by atoms with Crippen LogP contribution < -0.4 is 21.3 Å². The van der Waals surface area contributed by atoms with Crippen LogP contribution in [0.2, 0.25) is 0 Å². The van der Waals surface area contributed by atoms with E-state index in [4.69, 9.17) is 4.74 Å². The molecule has 160 valence electrons. The fourth-order valence-corrected chi connectivity index (χ4v) is 4.46. The summed E-state index contributed by atoms with van der Waals surface area (Å²) in [5, 5.41) is 3.20. The van der Waals surface area contributed by atoms with Crippen molar-refractivity contribution in [3.63, 3.8) is 0 Å². The molecule has 1 amide bonds. The number of fused-ring (bicyclic) bond motifs is 1. The average molecular weight is 431 g/mol. The van der Waals surface area contributed by atoms with E-state index >= 15 is 0 Å². The van der Waals surface area contributed by atoms with Gasteiger partial charge in [-0.3, -0.25) is 19.1 Å². The number of methoxy groups -OCH3 is 1. The van der Waals surface area contributed by atoms with Gasteiger partial charge in [-0.25, -0.2) is 4.79 Å². The van der Waals surface area contributed by atoms with Gasteiger partial charge >= 0.3 is 5.69 Å². The van der Waals surface area contributed by atoms with Crippen LogP contribution in [0.3, 0.4) is 0 Å². The molecule has 0 saturated heterocycles. The van der Waals surface area contributed by atoms with Crippen molar-refractivity contribution in [1.82, 2.24) is 14.5 Å². The number of hydrogen-bond acceptors (Lipinski definition) is 6. The number of aromatic nitrogens is 2. The lowest BCUT2D eigenvalue weighted by atomic mass is 10.2.